The van der Waals surface area contributed by atoms with Crippen LogP contribution in [0.15, 0.2) is 42.6 Å². The minimum Gasteiger partial charge on any atom is -0.353 e. The van der Waals surface area contributed by atoms with Crippen molar-refractivity contribution in [3.63, 3.8) is 0 Å². The zero-order chi connectivity index (χ0) is 18.6. The van der Waals surface area contributed by atoms with E-state index in [0.717, 1.165) is 55.7 Å². The van der Waals surface area contributed by atoms with Crippen LogP contribution < -0.4 is 0 Å². The smallest absolute Gasteiger partial charge is 0.222 e. The van der Waals surface area contributed by atoms with Crippen LogP contribution in [0.2, 0.25) is 0 Å². The molecule has 4 rings (SSSR count). The summed E-state index contributed by atoms with van der Waals surface area (Å²) in [5, 5.41) is 1.25. The topological polar surface area (TPSA) is 49.0 Å². The van der Waals surface area contributed by atoms with Crippen LogP contribution in [-0.2, 0) is 11.2 Å². The van der Waals surface area contributed by atoms with Gasteiger partial charge in [-0.15, -0.1) is 0 Å². The SMILES string of the molecule is Cc1ccc2[nH]c(-c3ccccn3)c(CCCC(=O)N3CCCCC3)c2c1. The number of pyridine rings is 1. The first kappa shape index (κ1) is 17.8. The van der Waals surface area contributed by atoms with Crippen LogP contribution in [0.1, 0.15) is 43.2 Å². The van der Waals surface area contributed by atoms with Crippen molar-refractivity contribution in [2.75, 3.05) is 13.1 Å². The van der Waals surface area contributed by atoms with Crippen molar-refractivity contribution in [3.8, 4) is 11.4 Å². The van der Waals surface area contributed by atoms with Crippen LogP contribution in [0.4, 0.5) is 0 Å². The van der Waals surface area contributed by atoms with Gasteiger partial charge in [0.25, 0.3) is 0 Å². The summed E-state index contributed by atoms with van der Waals surface area (Å²) in [6, 6.07) is 12.5. The average molecular weight is 361 g/mol. The van der Waals surface area contributed by atoms with Gasteiger partial charge in [-0.25, -0.2) is 0 Å². The number of carbonyl (C=O) groups excluding carboxylic acids is 1. The van der Waals surface area contributed by atoms with E-state index in [9.17, 15) is 4.79 Å². The molecule has 140 valence electrons. The summed E-state index contributed by atoms with van der Waals surface area (Å²) in [6.07, 6.45) is 7.77. The Bertz CT molecular complexity index is 923. The van der Waals surface area contributed by atoms with E-state index < -0.39 is 0 Å². The van der Waals surface area contributed by atoms with E-state index >= 15 is 0 Å². The highest BCUT2D eigenvalue weighted by atomic mass is 16.2. The van der Waals surface area contributed by atoms with E-state index in [1.165, 1.54) is 22.9 Å². The number of carbonyl (C=O) groups is 1. The van der Waals surface area contributed by atoms with Gasteiger partial charge in [0.05, 0.1) is 11.4 Å². The summed E-state index contributed by atoms with van der Waals surface area (Å²) >= 11 is 0. The Balaban J connectivity index is 1.56. The zero-order valence-electron chi connectivity index (χ0n) is 16.0. The van der Waals surface area contributed by atoms with Crippen LogP contribution in [0.25, 0.3) is 22.3 Å². The highest BCUT2D eigenvalue weighted by molar-refractivity contribution is 5.90. The lowest BCUT2D eigenvalue weighted by atomic mass is 10.0. The Morgan fingerprint density at radius 1 is 1.15 bits per heavy atom. The van der Waals surface area contributed by atoms with Crippen LogP contribution in [0.5, 0.6) is 0 Å². The number of rotatable bonds is 5. The first-order valence-electron chi connectivity index (χ1n) is 10.0. The van der Waals surface area contributed by atoms with E-state index in [0.29, 0.717) is 12.3 Å². The monoisotopic (exact) mass is 361 g/mol. The second-order valence-electron chi connectivity index (χ2n) is 7.54. The molecule has 1 aliphatic heterocycles. The van der Waals surface area contributed by atoms with E-state index in [4.69, 9.17) is 0 Å². The Kier molecular flexibility index (Phi) is 5.23. The number of H-pyrrole nitrogens is 1. The summed E-state index contributed by atoms with van der Waals surface area (Å²) < 4.78 is 0. The predicted octanol–water partition coefficient (Wildman–Crippen LogP) is 4.87. The number of hydrogen-bond acceptors (Lipinski definition) is 2. The maximum atomic E-state index is 12.5. The molecule has 0 spiro atoms. The molecule has 1 aliphatic rings. The van der Waals surface area contributed by atoms with Crippen molar-refractivity contribution in [2.24, 2.45) is 0 Å². The van der Waals surface area contributed by atoms with Crippen molar-refractivity contribution in [2.45, 2.75) is 45.4 Å². The third kappa shape index (κ3) is 3.90. The molecule has 0 bridgehead atoms. The molecule has 27 heavy (non-hydrogen) atoms. The molecule has 0 atom stereocenters. The van der Waals surface area contributed by atoms with Crippen LogP contribution in [-0.4, -0.2) is 33.9 Å². The van der Waals surface area contributed by atoms with Gasteiger partial charge >= 0.3 is 0 Å². The minimum absolute atomic E-state index is 0.310. The summed E-state index contributed by atoms with van der Waals surface area (Å²) in [5.74, 6) is 0.310. The van der Waals surface area contributed by atoms with Crippen molar-refractivity contribution >= 4 is 16.8 Å². The average Bonchev–Trinajstić information content (AvgIpc) is 3.07. The van der Waals surface area contributed by atoms with Gasteiger partial charge in [-0.3, -0.25) is 9.78 Å². The highest BCUT2D eigenvalue weighted by Gasteiger charge is 2.18. The third-order valence-electron chi connectivity index (χ3n) is 5.51. The Hall–Kier alpha value is -2.62. The number of likely N-dealkylation sites (tertiary alicyclic amines) is 1. The fourth-order valence-electron chi connectivity index (χ4n) is 4.07. The van der Waals surface area contributed by atoms with E-state index in [1.807, 2.05) is 29.3 Å². The molecule has 1 saturated heterocycles. The third-order valence-corrected chi connectivity index (χ3v) is 5.51. The highest BCUT2D eigenvalue weighted by Crippen LogP contribution is 2.31. The molecule has 0 aliphatic carbocycles. The summed E-state index contributed by atoms with van der Waals surface area (Å²) in [5.41, 5.74) is 5.71. The Morgan fingerprint density at radius 3 is 2.78 bits per heavy atom. The van der Waals surface area contributed by atoms with Gasteiger partial charge in [-0.1, -0.05) is 17.7 Å². The van der Waals surface area contributed by atoms with Crippen LogP contribution in [0, 0.1) is 6.92 Å². The first-order chi connectivity index (χ1) is 13.2. The van der Waals surface area contributed by atoms with Gasteiger partial charge in [-0.2, -0.15) is 0 Å². The molecule has 1 amide bonds. The molecule has 4 nitrogen and oxygen atoms in total. The normalized spacial score (nSPS) is 14.6. The van der Waals surface area contributed by atoms with E-state index in [-0.39, 0.29) is 0 Å². The molecule has 4 heteroatoms. The quantitative estimate of drug-likeness (QED) is 0.704. The number of aromatic nitrogens is 2. The van der Waals surface area contributed by atoms with Crippen molar-refractivity contribution < 1.29 is 4.79 Å². The first-order valence-corrected chi connectivity index (χ1v) is 10.0. The van der Waals surface area contributed by atoms with Crippen molar-refractivity contribution in [1.82, 2.24) is 14.9 Å². The number of aryl methyl sites for hydroxylation is 2. The van der Waals surface area contributed by atoms with Crippen molar-refractivity contribution in [1.29, 1.82) is 0 Å². The number of fused-ring (bicyclic) bond motifs is 1. The lowest BCUT2D eigenvalue weighted by Crippen LogP contribution is -2.35. The lowest BCUT2D eigenvalue weighted by molar-refractivity contribution is -0.132. The van der Waals surface area contributed by atoms with Gasteiger partial charge in [0.2, 0.25) is 5.91 Å². The zero-order valence-corrected chi connectivity index (χ0v) is 16.0. The largest absolute Gasteiger partial charge is 0.353 e. The summed E-state index contributed by atoms with van der Waals surface area (Å²) in [4.78, 5) is 22.6. The predicted molar refractivity (Wildman–Crippen MR) is 110 cm³/mol. The number of nitrogens with one attached hydrogen (secondary N) is 1. The number of hydrogen-bond donors (Lipinski definition) is 1. The number of aromatic amines is 1. The van der Waals surface area contributed by atoms with E-state index in [1.54, 1.807) is 0 Å². The lowest BCUT2D eigenvalue weighted by Gasteiger charge is -2.26. The van der Waals surface area contributed by atoms with Gasteiger partial charge < -0.3 is 9.88 Å². The molecule has 3 aromatic rings. The maximum absolute atomic E-state index is 12.5. The molecule has 1 N–H and O–H groups in total. The molecular weight excluding hydrogens is 334 g/mol. The van der Waals surface area contributed by atoms with Crippen LogP contribution >= 0.6 is 0 Å². The summed E-state index contributed by atoms with van der Waals surface area (Å²) in [7, 11) is 0. The molecule has 1 aromatic carbocycles. The fraction of sp³-hybridized carbons (Fsp3) is 0.391. The molecular formula is C23H27N3O. The fourth-order valence-corrected chi connectivity index (χ4v) is 4.07. The van der Waals surface area contributed by atoms with Gasteiger partial charge in [0.15, 0.2) is 0 Å². The van der Waals surface area contributed by atoms with Gasteiger partial charge in [-0.05, 0) is 68.9 Å². The molecule has 2 aromatic heterocycles. The Labute approximate surface area is 160 Å². The van der Waals surface area contributed by atoms with Crippen LogP contribution in [0.3, 0.4) is 0 Å². The van der Waals surface area contributed by atoms with E-state index in [2.05, 4.69) is 35.1 Å². The second-order valence-corrected chi connectivity index (χ2v) is 7.54. The van der Waals surface area contributed by atoms with Crippen molar-refractivity contribution in [3.05, 3.63) is 53.7 Å². The molecule has 0 unspecified atom stereocenters. The molecule has 0 saturated carbocycles. The van der Waals surface area contributed by atoms with Gasteiger partial charge in [0, 0.05) is 36.6 Å². The van der Waals surface area contributed by atoms with Gasteiger partial charge in [0.1, 0.15) is 0 Å². The Morgan fingerprint density at radius 2 is 2.00 bits per heavy atom. The number of amides is 1. The number of nitrogens with zero attached hydrogens (tertiary/aromatic N) is 2. The molecule has 3 heterocycles. The maximum Gasteiger partial charge on any atom is 0.222 e. The molecule has 0 radical (unpaired) electrons. The number of benzene rings is 1. The molecule has 1 fully saturated rings. The summed E-state index contributed by atoms with van der Waals surface area (Å²) in [6.45, 7) is 3.99. The number of piperidine rings is 1. The standard InChI is InChI=1S/C23H27N3O/c1-17-11-12-20-19(16-17)18(23(25-20)21-9-3-4-13-24-21)8-7-10-22(27)26-14-5-2-6-15-26/h3-4,9,11-13,16,25H,2,5-8,10,14-15H2,1H3. The minimum atomic E-state index is 0.310. The second kappa shape index (κ2) is 7.95.